The van der Waals surface area contributed by atoms with Gasteiger partial charge in [-0.05, 0) is 30.0 Å². The number of aromatic nitrogens is 1. The Bertz CT molecular complexity index is 1090. The molecule has 1 fully saturated rings. The van der Waals surface area contributed by atoms with Gasteiger partial charge in [-0.25, -0.2) is 4.98 Å². The summed E-state index contributed by atoms with van der Waals surface area (Å²) in [6, 6.07) is 15.1. The highest BCUT2D eigenvalue weighted by Crippen LogP contribution is 2.37. The Balaban J connectivity index is 1.63. The number of likely N-dealkylation sites (N-methyl/N-ethyl adjacent to an activating group) is 1. The minimum absolute atomic E-state index is 0.153. The van der Waals surface area contributed by atoms with Crippen molar-refractivity contribution in [2.24, 2.45) is 4.99 Å². The molecule has 1 aliphatic rings. The fourth-order valence-corrected chi connectivity index (χ4v) is 4.78. The van der Waals surface area contributed by atoms with Crippen molar-refractivity contribution in [3.05, 3.63) is 74.4 Å². The minimum atomic E-state index is -0.153. The monoisotopic (exact) mass is 445 g/mol. The molecule has 28 heavy (non-hydrogen) atoms. The second kappa shape index (κ2) is 8.09. The fourth-order valence-electron chi connectivity index (χ4n) is 2.57. The molecule has 4 rings (SSSR count). The van der Waals surface area contributed by atoms with Crippen LogP contribution in [0.15, 0.2) is 63.8 Å². The van der Waals surface area contributed by atoms with E-state index < -0.39 is 0 Å². The van der Waals surface area contributed by atoms with Crippen LogP contribution in [0.5, 0.6) is 0 Å². The average Bonchev–Trinajstić information content (AvgIpc) is 3.26. The Kier molecular flexibility index (Phi) is 5.55. The molecule has 0 aliphatic carbocycles. The third-order valence-corrected chi connectivity index (χ3v) is 6.49. The molecule has 0 bridgehead atoms. The Morgan fingerprint density at radius 1 is 1.07 bits per heavy atom. The number of hydrogen-bond acceptors (Lipinski definition) is 5. The van der Waals surface area contributed by atoms with Crippen molar-refractivity contribution >= 4 is 68.6 Å². The van der Waals surface area contributed by atoms with Crippen molar-refractivity contribution < 1.29 is 4.79 Å². The van der Waals surface area contributed by atoms with E-state index in [9.17, 15) is 4.79 Å². The predicted octanol–water partition coefficient (Wildman–Crippen LogP) is 6.35. The van der Waals surface area contributed by atoms with Crippen molar-refractivity contribution in [1.82, 2.24) is 9.88 Å². The van der Waals surface area contributed by atoms with Crippen molar-refractivity contribution in [1.29, 1.82) is 0 Å². The molecule has 0 saturated carbocycles. The molecule has 0 spiro atoms. The number of nitrogens with zero attached hydrogens (tertiary/aromatic N) is 3. The van der Waals surface area contributed by atoms with Crippen LogP contribution >= 0.6 is 46.3 Å². The van der Waals surface area contributed by atoms with Gasteiger partial charge in [-0.15, -0.1) is 11.3 Å². The van der Waals surface area contributed by atoms with Crippen LogP contribution in [0.25, 0.3) is 17.3 Å². The van der Waals surface area contributed by atoms with E-state index in [-0.39, 0.29) is 5.91 Å². The second-order valence-corrected chi connectivity index (χ2v) is 8.55. The van der Waals surface area contributed by atoms with E-state index in [1.807, 2.05) is 35.7 Å². The largest absolute Gasteiger partial charge is 0.289 e. The number of aliphatic imine (C=N–C) groups is 1. The topological polar surface area (TPSA) is 45.6 Å². The summed E-state index contributed by atoms with van der Waals surface area (Å²) in [5, 5.41) is 4.10. The van der Waals surface area contributed by atoms with Crippen LogP contribution in [0, 0.1) is 0 Å². The third-order valence-electron chi connectivity index (χ3n) is 4.03. The lowest BCUT2D eigenvalue weighted by Gasteiger charge is -2.06. The summed E-state index contributed by atoms with van der Waals surface area (Å²) < 4.78 is 0. The number of amides is 1. The molecule has 2 aromatic carbocycles. The molecule has 4 nitrogen and oxygen atoms in total. The molecule has 8 heteroatoms. The molecule has 0 N–H and O–H groups in total. The maximum absolute atomic E-state index is 12.6. The SMILES string of the molecule is CN1C(=O)/C(=C/c2c(Cl)cccc2Cl)S/C1=N/c1nc(-c2ccccc2)cs1. The molecule has 1 saturated heterocycles. The van der Waals surface area contributed by atoms with Crippen LogP contribution in [0.2, 0.25) is 10.0 Å². The van der Waals surface area contributed by atoms with E-state index in [1.54, 1.807) is 31.3 Å². The standard InChI is InChI=1S/C20H13Cl2N3OS2/c1-25-18(26)17(10-13-14(21)8-5-9-15(13)22)28-20(25)24-19-23-16(11-27-19)12-6-3-2-4-7-12/h2-11H,1H3/b17-10-,24-20+. The maximum atomic E-state index is 12.6. The van der Waals surface area contributed by atoms with E-state index in [4.69, 9.17) is 23.2 Å². The first-order chi connectivity index (χ1) is 13.5. The molecule has 2 heterocycles. The number of amidine groups is 1. The second-order valence-electron chi connectivity index (χ2n) is 5.89. The molecule has 0 radical (unpaired) electrons. The van der Waals surface area contributed by atoms with Crippen molar-refractivity contribution in [3.63, 3.8) is 0 Å². The molecule has 0 unspecified atom stereocenters. The zero-order valence-electron chi connectivity index (χ0n) is 14.6. The van der Waals surface area contributed by atoms with E-state index in [1.165, 1.54) is 28.0 Å². The molecule has 140 valence electrons. The van der Waals surface area contributed by atoms with Crippen LogP contribution in [0.1, 0.15) is 5.56 Å². The highest BCUT2D eigenvalue weighted by Gasteiger charge is 2.31. The van der Waals surface area contributed by atoms with Crippen LogP contribution in [0.3, 0.4) is 0 Å². The van der Waals surface area contributed by atoms with Crippen LogP contribution in [-0.2, 0) is 4.79 Å². The molecule has 1 aromatic heterocycles. The van der Waals surface area contributed by atoms with E-state index in [2.05, 4.69) is 9.98 Å². The number of benzene rings is 2. The summed E-state index contributed by atoms with van der Waals surface area (Å²) in [4.78, 5) is 23.7. The lowest BCUT2D eigenvalue weighted by molar-refractivity contribution is -0.121. The van der Waals surface area contributed by atoms with Crippen molar-refractivity contribution in [2.45, 2.75) is 0 Å². The van der Waals surface area contributed by atoms with Gasteiger partial charge >= 0.3 is 0 Å². The van der Waals surface area contributed by atoms with Crippen LogP contribution < -0.4 is 0 Å². The van der Waals surface area contributed by atoms with Crippen molar-refractivity contribution in [2.75, 3.05) is 7.05 Å². The highest BCUT2D eigenvalue weighted by atomic mass is 35.5. The summed E-state index contributed by atoms with van der Waals surface area (Å²) in [5.41, 5.74) is 2.51. The molecule has 3 aromatic rings. The molecule has 0 atom stereocenters. The Morgan fingerprint density at radius 3 is 2.50 bits per heavy atom. The van der Waals surface area contributed by atoms with E-state index in [0.29, 0.717) is 30.8 Å². The van der Waals surface area contributed by atoms with Gasteiger partial charge in [-0.2, -0.15) is 4.99 Å². The summed E-state index contributed by atoms with van der Waals surface area (Å²) in [6.45, 7) is 0. The third kappa shape index (κ3) is 3.86. The molecular weight excluding hydrogens is 433 g/mol. The summed E-state index contributed by atoms with van der Waals surface area (Å²) >= 11 is 15.1. The number of thiazole rings is 1. The Hall–Kier alpha value is -2.12. The summed E-state index contributed by atoms with van der Waals surface area (Å²) in [6.07, 6.45) is 1.70. The van der Waals surface area contributed by atoms with Gasteiger partial charge in [-0.1, -0.05) is 59.6 Å². The number of carbonyl (C=O) groups is 1. The number of rotatable bonds is 3. The Morgan fingerprint density at radius 2 is 1.79 bits per heavy atom. The van der Waals surface area contributed by atoms with Gasteiger partial charge < -0.3 is 0 Å². The van der Waals surface area contributed by atoms with Gasteiger partial charge in [0.15, 0.2) is 5.17 Å². The Labute approximate surface area is 180 Å². The van der Waals surface area contributed by atoms with Gasteiger partial charge in [0, 0.05) is 33.6 Å². The van der Waals surface area contributed by atoms with Gasteiger partial charge in [0.25, 0.3) is 5.91 Å². The maximum Gasteiger partial charge on any atom is 0.266 e. The number of thioether (sulfide) groups is 1. The molecule has 1 aliphatic heterocycles. The van der Waals surface area contributed by atoms with Gasteiger partial charge in [0.1, 0.15) is 0 Å². The predicted molar refractivity (Wildman–Crippen MR) is 119 cm³/mol. The number of hydrogen-bond donors (Lipinski definition) is 0. The first-order valence-corrected chi connectivity index (χ1v) is 10.7. The van der Waals surface area contributed by atoms with Gasteiger partial charge in [-0.3, -0.25) is 9.69 Å². The minimum Gasteiger partial charge on any atom is -0.289 e. The smallest absolute Gasteiger partial charge is 0.266 e. The zero-order chi connectivity index (χ0) is 19.7. The summed E-state index contributed by atoms with van der Waals surface area (Å²) in [7, 11) is 1.69. The molecular formula is C20H13Cl2N3OS2. The normalized spacial score (nSPS) is 17.1. The number of halogens is 2. The van der Waals surface area contributed by atoms with Crippen LogP contribution in [0.4, 0.5) is 5.13 Å². The summed E-state index contributed by atoms with van der Waals surface area (Å²) in [5.74, 6) is -0.153. The van der Waals surface area contributed by atoms with Crippen LogP contribution in [-0.4, -0.2) is 28.0 Å². The van der Waals surface area contributed by atoms with E-state index >= 15 is 0 Å². The molecule has 1 amide bonds. The highest BCUT2D eigenvalue weighted by molar-refractivity contribution is 8.18. The first-order valence-electron chi connectivity index (χ1n) is 8.24. The first kappa shape index (κ1) is 19.2. The lowest BCUT2D eigenvalue weighted by Crippen LogP contribution is -2.23. The van der Waals surface area contributed by atoms with Gasteiger partial charge in [0.2, 0.25) is 5.13 Å². The average molecular weight is 446 g/mol. The quantitative estimate of drug-likeness (QED) is 0.441. The zero-order valence-corrected chi connectivity index (χ0v) is 17.7. The lowest BCUT2D eigenvalue weighted by atomic mass is 10.2. The van der Waals surface area contributed by atoms with Gasteiger partial charge in [0.05, 0.1) is 10.6 Å². The fraction of sp³-hybridized carbons (Fsp3) is 0.0500. The number of carbonyl (C=O) groups excluding carboxylic acids is 1. The van der Waals surface area contributed by atoms with Crippen molar-refractivity contribution in [3.8, 4) is 11.3 Å². The van der Waals surface area contributed by atoms with E-state index in [0.717, 1.165) is 11.3 Å².